The Balaban J connectivity index is 0.995. The number of hydrogen-bond acceptors (Lipinski definition) is 4. The molecule has 0 atom stereocenters. The fourth-order valence-electron chi connectivity index (χ4n) is 13.1. The van der Waals surface area contributed by atoms with Gasteiger partial charge in [-0.25, -0.2) is 4.98 Å². The lowest BCUT2D eigenvalue weighted by molar-refractivity contribution is 1.31. The predicted molar refractivity (Wildman–Crippen MR) is 369 cm³/mol. The van der Waals surface area contributed by atoms with Crippen molar-refractivity contribution in [2.75, 3.05) is 0 Å². The Hall–Kier alpha value is -10.6. The van der Waals surface area contributed by atoms with E-state index in [1.165, 1.54) is 118 Å². The molecule has 400 valence electrons. The Kier molecular flexibility index (Phi) is 12.0. The van der Waals surface area contributed by atoms with E-state index in [1.807, 2.05) is 28.9 Å². The molecule has 0 saturated carbocycles. The summed E-state index contributed by atoms with van der Waals surface area (Å²) in [4.78, 5) is 11.1. The molecule has 0 N–H and O–H groups in total. The molecule has 0 aliphatic carbocycles. The summed E-state index contributed by atoms with van der Waals surface area (Å²) in [6.07, 6.45) is 2.01. The summed E-state index contributed by atoms with van der Waals surface area (Å²) >= 11 is 3.80. The highest BCUT2D eigenvalue weighted by atomic mass is 32.1. The highest BCUT2D eigenvalue weighted by molar-refractivity contribution is 7.27. The summed E-state index contributed by atoms with van der Waals surface area (Å²) in [5.74, 6) is 0. The zero-order valence-electron chi connectivity index (χ0n) is 46.6. The van der Waals surface area contributed by atoms with Crippen LogP contribution in [0.3, 0.4) is 0 Å². The van der Waals surface area contributed by atoms with E-state index in [-0.39, 0.29) is 0 Å². The SMILES string of the molecule is c1ccc(-c2cc(-c3ccccc3)c3sc4c(-c5cc(-c6cnc7c8ccccc8c8ccccc8c7n6)cc(-c6cc(-c7ccccc7)cc7c6sc6c(-c8ccccc8)cc(-c8ccccc8)cc67)c5)cc(-c5ccccc5)cc4c3c2)cc1. The third kappa shape index (κ3) is 8.52. The molecule has 0 aliphatic heterocycles. The molecule has 17 rings (SSSR count). The maximum absolute atomic E-state index is 5.73. The zero-order chi connectivity index (χ0) is 56.7. The number of thiophene rings is 2. The molecule has 0 aliphatic rings. The summed E-state index contributed by atoms with van der Waals surface area (Å²) in [7, 11) is 0. The minimum Gasteiger partial charge on any atom is -0.252 e. The minimum absolute atomic E-state index is 0.817. The molecule has 0 unspecified atom stereocenters. The van der Waals surface area contributed by atoms with Crippen molar-refractivity contribution in [3.63, 3.8) is 0 Å². The van der Waals surface area contributed by atoms with Gasteiger partial charge in [0.25, 0.3) is 0 Å². The lowest BCUT2D eigenvalue weighted by Crippen LogP contribution is -1.94. The van der Waals surface area contributed by atoms with Gasteiger partial charge in [-0.15, -0.1) is 22.7 Å². The topological polar surface area (TPSA) is 25.8 Å². The van der Waals surface area contributed by atoms with E-state index in [4.69, 9.17) is 9.97 Å². The quantitative estimate of drug-likeness (QED) is 0.135. The van der Waals surface area contributed by atoms with E-state index in [9.17, 15) is 0 Å². The van der Waals surface area contributed by atoms with Crippen molar-refractivity contribution >= 4 is 95.6 Å². The summed E-state index contributed by atoms with van der Waals surface area (Å²) in [6.45, 7) is 0. The number of rotatable bonds is 9. The maximum Gasteiger partial charge on any atom is 0.0979 e. The second kappa shape index (κ2) is 20.6. The molecule has 0 saturated heterocycles. The van der Waals surface area contributed by atoms with Gasteiger partial charge in [-0.2, -0.15) is 0 Å². The lowest BCUT2D eigenvalue weighted by atomic mass is 9.89. The van der Waals surface area contributed by atoms with Crippen LogP contribution in [0.15, 0.2) is 303 Å². The maximum atomic E-state index is 5.73. The normalized spacial score (nSPS) is 11.7. The highest BCUT2D eigenvalue weighted by Gasteiger charge is 2.23. The predicted octanol–water partition coefficient (Wildman–Crippen LogP) is 23.7. The molecule has 14 aromatic carbocycles. The molecule has 3 aromatic heterocycles. The van der Waals surface area contributed by atoms with E-state index >= 15 is 0 Å². The van der Waals surface area contributed by atoms with Crippen molar-refractivity contribution < 1.29 is 0 Å². The lowest BCUT2D eigenvalue weighted by Gasteiger charge is -2.15. The van der Waals surface area contributed by atoms with Crippen LogP contribution in [0.1, 0.15) is 0 Å². The van der Waals surface area contributed by atoms with Crippen LogP contribution < -0.4 is 0 Å². The van der Waals surface area contributed by atoms with Crippen molar-refractivity contribution in [2.45, 2.75) is 0 Å². The van der Waals surface area contributed by atoms with Gasteiger partial charge >= 0.3 is 0 Å². The average Bonchev–Trinajstić information content (AvgIpc) is 2.00. The van der Waals surface area contributed by atoms with Crippen molar-refractivity contribution in [1.29, 1.82) is 0 Å². The van der Waals surface area contributed by atoms with Gasteiger partial charge < -0.3 is 0 Å². The summed E-state index contributed by atoms with van der Waals surface area (Å²) in [5, 5.41) is 9.47. The first kappa shape index (κ1) is 49.9. The second-order valence-corrected chi connectivity index (χ2v) is 24.4. The van der Waals surface area contributed by atoms with Crippen molar-refractivity contribution in [1.82, 2.24) is 9.97 Å². The molecule has 0 amide bonds. The summed E-state index contributed by atoms with van der Waals surface area (Å²) in [5.41, 5.74) is 22.4. The van der Waals surface area contributed by atoms with E-state index in [0.717, 1.165) is 55.3 Å². The summed E-state index contributed by atoms with van der Waals surface area (Å²) in [6, 6.07) is 109. The Morgan fingerprint density at radius 3 is 0.826 bits per heavy atom. The molecule has 17 aromatic rings. The van der Waals surface area contributed by atoms with E-state index in [2.05, 4.69) is 297 Å². The monoisotopic (exact) mass is 1130 g/mol. The van der Waals surface area contributed by atoms with Crippen LogP contribution in [0.5, 0.6) is 0 Å². The minimum atomic E-state index is 0.817. The highest BCUT2D eigenvalue weighted by Crippen LogP contribution is 2.51. The molecular weight excluding hydrogens is 1080 g/mol. The standard InChI is InChI=1S/C82H50N2S2/c1-7-23-51(24-8-1)57-42-68(55-31-15-5-16-32-55)79-72(46-57)74-48-59(53-27-11-3-12-28-53)44-70(81(74)85-79)61-39-62(41-63(40-61)76-50-83-77-66-37-21-19-35-64(66)65-36-20-22-38-67(65)78(77)84-76)71-45-60(54-29-13-4-14-30-54)49-75-73-47-58(52-25-9-2-10-26-52)43-69(80(73)86-82(71)75)56-33-17-6-18-34-56/h1-50H. The molecule has 0 fully saturated rings. The molecular formula is C82H50N2S2. The van der Waals surface area contributed by atoms with Crippen molar-refractivity contribution in [3.8, 4) is 100 Å². The summed E-state index contributed by atoms with van der Waals surface area (Å²) < 4.78 is 5.00. The van der Waals surface area contributed by atoms with Gasteiger partial charge in [-0.05, 0) is 144 Å². The van der Waals surface area contributed by atoms with Crippen LogP contribution >= 0.6 is 22.7 Å². The Labute approximate surface area is 505 Å². The molecule has 2 nitrogen and oxygen atoms in total. The van der Waals surface area contributed by atoms with Crippen LogP contribution in [-0.2, 0) is 0 Å². The van der Waals surface area contributed by atoms with Crippen LogP contribution in [0.2, 0.25) is 0 Å². The van der Waals surface area contributed by atoms with Crippen LogP contribution in [-0.4, -0.2) is 9.97 Å². The van der Waals surface area contributed by atoms with Gasteiger partial charge in [0.2, 0.25) is 0 Å². The smallest absolute Gasteiger partial charge is 0.0979 e. The number of fused-ring (bicyclic) bond motifs is 12. The molecule has 0 bridgehead atoms. The van der Waals surface area contributed by atoms with Gasteiger partial charge in [-0.3, -0.25) is 4.98 Å². The molecule has 0 spiro atoms. The largest absolute Gasteiger partial charge is 0.252 e. The van der Waals surface area contributed by atoms with Gasteiger partial charge in [0.15, 0.2) is 0 Å². The van der Waals surface area contributed by atoms with Gasteiger partial charge in [0, 0.05) is 78.9 Å². The molecule has 0 radical (unpaired) electrons. The number of nitrogens with zero attached hydrogens (tertiary/aromatic N) is 2. The second-order valence-electron chi connectivity index (χ2n) is 22.3. The van der Waals surface area contributed by atoms with Crippen molar-refractivity contribution in [2.24, 2.45) is 0 Å². The fourth-order valence-corrected chi connectivity index (χ4v) is 15.8. The molecule has 86 heavy (non-hydrogen) atoms. The number of aromatic nitrogens is 2. The van der Waals surface area contributed by atoms with E-state index in [1.54, 1.807) is 0 Å². The zero-order valence-corrected chi connectivity index (χ0v) is 48.2. The molecule has 4 heteroatoms. The van der Waals surface area contributed by atoms with Gasteiger partial charge in [-0.1, -0.05) is 231 Å². The van der Waals surface area contributed by atoms with Crippen LogP contribution in [0.4, 0.5) is 0 Å². The van der Waals surface area contributed by atoms with Crippen LogP contribution in [0, 0.1) is 0 Å². The molecule has 3 heterocycles. The average molecular weight is 1130 g/mol. The fraction of sp³-hybridized carbons (Fsp3) is 0. The third-order valence-electron chi connectivity index (χ3n) is 17.2. The first-order valence-electron chi connectivity index (χ1n) is 29.3. The number of hydrogen-bond donors (Lipinski definition) is 0. The Morgan fingerprint density at radius 1 is 0.198 bits per heavy atom. The Morgan fingerprint density at radius 2 is 0.477 bits per heavy atom. The van der Waals surface area contributed by atoms with Gasteiger partial charge in [0.05, 0.1) is 22.9 Å². The third-order valence-corrected chi connectivity index (χ3v) is 19.8. The van der Waals surface area contributed by atoms with E-state index in [0.29, 0.717) is 0 Å². The van der Waals surface area contributed by atoms with Crippen LogP contribution in [0.25, 0.3) is 173 Å². The first-order chi connectivity index (χ1) is 42.6. The van der Waals surface area contributed by atoms with Crippen molar-refractivity contribution in [3.05, 3.63) is 303 Å². The first-order valence-corrected chi connectivity index (χ1v) is 30.9. The number of benzene rings is 14. The van der Waals surface area contributed by atoms with E-state index < -0.39 is 0 Å². The van der Waals surface area contributed by atoms with Gasteiger partial charge in [0.1, 0.15) is 0 Å². The Bertz CT molecular complexity index is 5190.